The molecule has 1 unspecified atom stereocenters. The maximum absolute atomic E-state index is 11.4. The zero-order chi connectivity index (χ0) is 11.6. The summed E-state index contributed by atoms with van der Waals surface area (Å²) in [5, 5.41) is 0. The molecule has 0 N–H and O–H groups in total. The number of hydrogen-bond acceptors (Lipinski definition) is 3. The molecule has 0 aromatic heterocycles. The Bertz CT molecular complexity index is 399. The molecule has 3 nitrogen and oxygen atoms in total. The maximum atomic E-state index is 11.4. The summed E-state index contributed by atoms with van der Waals surface area (Å²) in [5.74, 6) is 3.21. The standard InChI is InChI=1S/C11H13BO3/c1-6-9(5-12)11(14-4)15-8(3)10(6)7(2)13/h6H,1-4H3. The first-order chi connectivity index (χ1) is 7.02. The Hall–Kier alpha value is -1.41. The summed E-state index contributed by atoms with van der Waals surface area (Å²) in [4.78, 5) is 11.4. The fourth-order valence-electron chi connectivity index (χ4n) is 1.76. The van der Waals surface area contributed by atoms with E-state index in [4.69, 9.17) is 16.8 Å². The van der Waals surface area contributed by atoms with Gasteiger partial charge in [-0.3, -0.25) is 0 Å². The molecular weight excluding hydrogens is 191 g/mol. The van der Waals surface area contributed by atoms with Crippen LogP contribution in [0.4, 0.5) is 0 Å². The van der Waals surface area contributed by atoms with Crippen molar-refractivity contribution in [3.63, 3.8) is 0 Å². The fourth-order valence-corrected chi connectivity index (χ4v) is 1.76. The summed E-state index contributed by atoms with van der Waals surface area (Å²) in [6.07, 6.45) is 0. The van der Waals surface area contributed by atoms with Crippen LogP contribution in [0.2, 0.25) is 0 Å². The Kier molecular flexibility index (Phi) is 3.43. The van der Waals surface area contributed by atoms with E-state index >= 15 is 0 Å². The van der Waals surface area contributed by atoms with Crippen molar-refractivity contribution in [3.05, 3.63) is 22.9 Å². The number of allylic oxidation sites excluding steroid dienone is 3. The average molecular weight is 204 g/mol. The van der Waals surface area contributed by atoms with Crippen LogP contribution in [0.15, 0.2) is 22.9 Å². The van der Waals surface area contributed by atoms with Gasteiger partial charge in [0.15, 0.2) is 0 Å². The van der Waals surface area contributed by atoms with Gasteiger partial charge in [0.1, 0.15) is 0 Å². The van der Waals surface area contributed by atoms with Gasteiger partial charge in [-0.2, -0.15) is 0 Å². The summed E-state index contributed by atoms with van der Waals surface area (Å²) >= 11 is 0. The summed E-state index contributed by atoms with van der Waals surface area (Å²) in [6, 6.07) is 0. The first-order valence-electron chi connectivity index (χ1n) is 4.67. The first kappa shape index (κ1) is 11.7. The number of Topliss-reactive ketones (excluding diaryl/α,β-unsaturated/α-hetero) is 1. The van der Waals surface area contributed by atoms with Gasteiger partial charge in [-0.25, -0.2) is 0 Å². The molecular formula is C11H13BO3. The van der Waals surface area contributed by atoms with Gasteiger partial charge in [-0.1, -0.05) is 0 Å². The second-order valence-electron chi connectivity index (χ2n) is 3.40. The normalized spacial score (nSPS) is 21.1. The summed E-state index contributed by atoms with van der Waals surface area (Å²) in [5.41, 5.74) is 1.19. The van der Waals surface area contributed by atoms with Crippen LogP contribution in [0.1, 0.15) is 20.8 Å². The Morgan fingerprint density at radius 2 is 2.20 bits per heavy atom. The number of methoxy groups -OCH3 is 1. The van der Waals surface area contributed by atoms with Crippen molar-refractivity contribution >= 4 is 13.1 Å². The molecule has 0 bridgehead atoms. The van der Waals surface area contributed by atoms with Crippen LogP contribution in [0.25, 0.3) is 0 Å². The van der Waals surface area contributed by atoms with Gasteiger partial charge >= 0.3 is 89.8 Å². The van der Waals surface area contributed by atoms with Crippen LogP contribution < -0.4 is 0 Å². The van der Waals surface area contributed by atoms with Gasteiger partial charge < -0.3 is 0 Å². The molecule has 0 saturated heterocycles. The molecule has 0 aliphatic carbocycles. The summed E-state index contributed by atoms with van der Waals surface area (Å²) in [7, 11) is 6.86. The Balaban J connectivity index is 3.21. The summed E-state index contributed by atoms with van der Waals surface area (Å²) < 4.78 is 10.4. The summed E-state index contributed by atoms with van der Waals surface area (Å²) in [6.45, 7) is 5.11. The zero-order valence-corrected chi connectivity index (χ0v) is 9.38. The average Bonchev–Trinajstić information content (AvgIpc) is 2.16. The minimum absolute atomic E-state index is 0.0251. The van der Waals surface area contributed by atoms with Crippen molar-refractivity contribution < 1.29 is 14.3 Å². The third-order valence-corrected chi connectivity index (χ3v) is 2.43. The Morgan fingerprint density at radius 3 is 2.60 bits per heavy atom. The van der Waals surface area contributed by atoms with E-state index in [2.05, 4.69) is 5.80 Å². The van der Waals surface area contributed by atoms with Gasteiger partial charge in [-0.15, -0.1) is 0 Å². The molecule has 0 radical (unpaired) electrons. The van der Waals surface area contributed by atoms with Gasteiger partial charge in [-0.05, 0) is 0 Å². The molecule has 1 aliphatic rings. The van der Waals surface area contributed by atoms with Crippen LogP contribution >= 0.6 is 0 Å². The quantitative estimate of drug-likeness (QED) is 0.639. The number of carbonyl (C=O) groups is 1. The van der Waals surface area contributed by atoms with E-state index in [9.17, 15) is 4.79 Å². The number of carbonyl (C=O) groups excluding carboxylic acids is 1. The Morgan fingerprint density at radius 1 is 1.60 bits per heavy atom. The van der Waals surface area contributed by atoms with Gasteiger partial charge in [0.25, 0.3) is 0 Å². The molecule has 0 aromatic carbocycles. The molecule has 15 heavy (non-hydrogen) atoms. The van der Waals surface area contributed by atoms with Gasteiger partial charge in [0, 0.05) is 0 Å². The fraction of sp³-hybridized carbons (Fsp3) is 0.455. The molecule has 0 fully saturated rings. The van der Waals surface area contributed by atoms with Gasteiger partial charge in [0.05, 0.1) is 0 Å². The third-order valence-electron chi connectivity index (χ3n) is 2.43. The molecule has 78 valence electrons. The molecule has 4 heteroatoms. The van der Waals surface area contributed by atoms with Crippen LogP contribution in [0, 0.1) is 11.7 Å². The molecule has 0 aromatic rings. The van der Waals surface area contributed by atoms with E-state index < -0.39 is 0 Å². The van der Waals surface area contributed by atoms with Crippen molar-refractivity contribution in [1.82, 2.24) is 0 Å². The molecule has 1 heterocycles. The molecule has 1 aliphatic heterocycles. The van der Waals surface area contributed by atoms with E-state index in [0.29, 0.717) is 22.9 Å². The van der Waals surface area contributed by atoms with Crippen molar-refractivity contribution in [2.45, 2.75) is 20.8 Å². The first-order valence-corrected chi connectivity index (χ1v) is 4.67. The number of ether oxygens (including phenoxy) is 2. The van der Waals surface area contributed by atoms with Crippen LogP contribution in [0.3, 0.4) is 0 Å². The number of ketones is 1. The number of hydrogen-bond donors (Lipinski definition) is 0. The van der Waals surface area contributed by atoms with Crippen molar-refractivity contribution in [1.29, 1.82) is 0 Å². The van der Waals surface area contributed by atoms with Gasteiger partial charge in [0.2, 0.25) is 0 Å². The molecule has 0 spiro atoms. The molecule has 0 amide bonds. The number of rotatable bonds is 2. The van der Waals surface area contributed by atoms with E-state index in [1.807, 2.05) is 6.92 Å². The second-order valence-corrected chi connectivity index (χ2v) is 3.40. The molecule has 1 rings (SSSR count). The predicted molar refractivity (Wildman–Crippen MR) is 57.3 cm³/mol. The SMILES string of the molecule is B#CC1=C(OC)OC(C)=C(C(C)=O)C1C. The predicted octanol–water partition coefficient (Wildman–Crippen LogP) is 1.50. The topological polar surface area (TPSA) is 35.5 Å². The van der Waals surface area contributed by atoms with E-state index in [0.717, 1.165) is 0 Å². The molecule has 0 saturated carbocycles. The van der Waals surface area contributed by atoms with Crippen molar-refractivity contribution in [3.8, 4) is 5.80 Å². The monoisotopic (exact) mass is 204 g/mol. The van der Waals surface area contributed by atoms with Crippen molar-refractivity contribution in [2.75, 3.05) is 7.11 Å². The van der Waals surface area contributed by atoms with E-state index in [-0.39, 0.29) is 11.7 Å². The Labute approximate surface area is 90.5 Å². The van der Waals surface area contributed by atoms with Crippen LogP contribution in [-0.2, 0) is 14.3 Å². The minimum atomic E-state index is -0.142. The van der Waals surface area contributed by atoms with E-state index in [1.165, 1.54) is 14.0 Å². The second kappa shape index (κ2) is 4.41. The van der Waals surface area contributed by atoms with Crippen LogP contribution in [0.5, 0.6) is 0 Å². The third kappa shape index (κ3) is 2.00. The molecule has 1 atom stereocenters. The van der Waals surface area contributed by atoms with Crippen molar-refractivity contribution in [2.24, 2.45) is 5.92 Å². The zero-order valence-electron chi connectivity index (χ0n) is 9.38. The van der Waals surface area contributed by atoms with E-state index in [1.54, 1.807) is 6.92 Å². The van der Waals surface area contributed by atoms with Crippen LogP contribution in [-0.4, -0.2) is 20.2 Å².